The zero-order valence-electron chi connectivity index (χ0n) is 11.4. The number of hydrogen-bond donors (Lipinski definition) is 1. The van der Waals surface area contributed by atoms with Crippen molar-refractivity contribution in [2.75, 3.05) is 0 Å². The molecule has 2 aromatic carbocycles. The fraction of sp³-hybridized carbons (Fsp3) is 0.294. The van der Waals surface area contributed by atoms with E-state index in [0.29, 0.717) is 6.42 Å². The molecule has 1 nitrogen and oxygen atoms in total. The van der Waals surface area contributed by atoms with Gasteiger partial charge in [-0.3, -0.25) is 0 Å². The van der Waals surface area contributed by atoms with Crippen molar-refractivity contribution in [3.05, 3.63) is 71.0 Å². The van der Waals surface area contributed by atoms with E-state index in [1.807, 2.05) is 31.2 Å². The third-order valence-corrected chi connectivity index (χ3v) is 3.73. The second-order valence-electron chi connectivity index (χ2n) is 5.14. The van der Waals surface area contributed by atoms with Crippen LogP contribution in [-0.2, 0) is 6.42 Å². The van der Waals surface area contributed by atoms with Crippen LogP contribution >= 0.6 is 0 Å². The standard InChI is InChI=1S/C17H20FN/c1-12-8-9-16(18)10-15(12)11-17(19)13(2)14-6-4-3-5-7-14/h3-10,13,17H,11,19H2,1-2H3. The largest absolute Gasteiger partial charge is 0.327 e. The van der Waals surface area contributed by atoms with Crippen LogP contribution in [0.5, 0.6) is 0 Å². The van der Waals surface area contributed by atoms with E-state index in [0.717, 1.165) is 11.1 Å². The first kappa shape index (κ1) is 13.8. The zero-order chi connectivity index (χ0) is 13.8. The van der Waals surface area contributed by atoms with Gasteiger partial charge in [-0.25, -0.2) is 4.39 Å². The van der Waals surface area contributed by atoms with Gasteiger partial charge in [0.15, 0.2) is 0 Å². The summed E-state index contributed by atoms with van der Waals surface area (Å²) in [4.78, 5) is 0. The van der Waals surface area contributed by atoms with Crippen LogP contribution in [0.15, 0.2) is 48.5 Å². The van der Waals surface area contributed by atoms with Gasteiger partial charge in [-0.05, 0) is 48.1 Å². The summed E-state index contributed by atoms with van der Waals surface area (Å²) in [5, 5.41) is 0. The number of rotatable bonds is 4. The lowest BCUT2D eigenvalue weighted by atomic mass is 9.88. The zero-order valence-corrected chi connectivity index (χ0v) is 11.4. The van der Waals surface area contributed by atoms with E-state index >= 15 is 0 Å². The average Bonchev–Trinajstić information content (AvgIpc) is 2.43. The van der Waals surface area contributed by atoms with Crippen molar-refractivity contribution in [3.8, 4) is 0 Å². The summed E-state index contributed by atoms with van der Waals surface area (Å²) in [6, 6.07) is 15.1. The number of benzene rings is 2. The second kappa shape index (κ2) is 5.98. The molecular formula is C17H20FN. The van der Waals surface area contributed by atoms with E-state index in [2.05, 4.69) is 19.1 Å². The van der Waals surface area contributed by atoms with Crippen LogP contribution < -0.4 is 5.73 Å². The van der Waals surface area contributed by atoms with Gasteiger partial charge in [0.05, 0.1) is 0 Å². The monoisotopic (exact) mass is 257 g/mol. The average molecular weight is 257 g/mol. The van der Waals surface area contributed by atoms with Gasteiger partial charge in [-0.2, -0.15) is 0 Å². The normalized spacial score (nSPS) is 14.1. The van der Waals surface area contributed by atoms with E-state index < -0.39 is 0 Å². The van der Waals surface area contributed by atoms with Crippen LogP contribution in [0.3, 0.4) is 0 Å². The topological polar surface area (TPSA) is 26.0 Å². The molecule has 19 heavy (non-hydrogen) atoms. The molecule has 2 heteroatoms. The Morgan fingerprint density at radius 1 is 1.11 bits per heavy atom. The molecule has 2 N–H and O–H groups in total. The maximum Gasteiger partial charge on any atom is 0.123 e. The molecule has 0 aliphatic rings. The van der Waals surface area contributed by atoms with Crippen molar-refractivity contribution in [1.29, 1.82) is 0 Å². The first-order valence-corrected chi connectivity index (χ1v) is 6.63. The van der Waals surface area contributed by atoms with Crippen LogP contribution in [0.2, 0.25) is 0 Å². The Morgan fingerprint density at radius 2 is 1.79 bits per heavy atom. The van der Waals surface area contributed by atoms with Gasteiger partial charge < -0.3 is 5.73 Å². The van der Waals surface area contributed by atoms with Gasteiger partial charge in [-0.1, -0.05) is 43.3 Å². The van der Waals surface area contributed by atoms with Crippen molar-refractivity contribution < 1.29 is 4.39 Å². The van der Waals surface area contributed by atoms with Gasteiger partial charge >= 0.3 is 0 Å². The molecule has 2 rings (SSSR count). The van der Waals surface area contributed by atoms with Crippen LogP contribution in [0, 0.1) is 12.7 Å². The predicted octanol–water partition coefficient (Wildman–Crippen LogP) is 3.81. The van der Waals surface area contributed by atoms with Crippen molar-refractivity contribution in [2.45, 2.75) is 32.2 Å². The Kier molecular flexibility index (Phi) is 4.33. The minimum Gasteiger partial charge on any atom is -0.327 e. The molecule has 0 saturated carbocycles. The smallest absolute Gasteiger partial charge is 0.123 e. The predicted molar refractivity (Wildman–Crippen MR) is 77.7 cm³/mol. The molecular weight excluding hydrogens is 237 g/mol. The lowest BCUT2D eigenvalue weighted by molar-refractivity contribution is 0.559. The summed E-state index contributed by atoms with van der Waals surface area (Å²) < 4.78 is 13.3. The highest BCUT2D eigenvalue weighted by Crippen LogP contribution is 2.21. The number of hydrogen-bond acceptors (Lipinski definition) is 1. The van der Waals surface area contributed by atoms with Gasteiger partial charge in [0, 0.05) is 6.04 Å². The summed E-state index contributed by atoms with van der Waals surface area (Å²) in [6.07, 6.45) is 0.694. The summed E-state index contributed by atoms with van der Waals surface area (Å²) >= 11 is 0. The van der Waals surface area contributed by atoms with Crippen LogP contribution in [0.4, 0.5) is 4.39 Å². The lowest BCUT2D eigenvalue weighted by Crippen LogP contribution is -2.29. The highest BCUT2D eigenvalue weighted by atomic mass is 19.1. The molecule has 0 bridgehead atoms. The van der Waals surface area contributed by atoms with Crippen molar-refractivity contribution in [1.82, 2.24) is 0 Å². The SMILES string of the molecule is Cc1ccc(F)cc1CC(N)C(C)c1ccccc1. The molecule has 0 saturated heterocycles. The molecule has 0 aliphatic carbocycles. The third-order valence-electron chi connectivity index (χ3n) is 3.73. The molecule has 0 radical (unpaired) electrons. The molecule has 0 spiro atoms. The van der Waals surface area contributed by atoms with Gasteiger partial charge in [0.1, 0.15) is 5.82 Å². The first-order valence-electron chi connectivity index (χ1n) is 6.63. The van der Waals surface area contributed by atoms with Crippen LogP contribution in [0.25, 0.3) is 0 Å². The Hall–Kier alpha value is -1.67. The second-order valence-corrected chi connectivity index (χ2v) is 5.14. The van der Waals surface area contributed by atoms with Crippen molar-refractivity contribution in [2.24, 2.45) is 5.73 Å². The maximum absolute atomic E-state index is 13.3. The molecule has 2 aromatic rings. The Balaban J connectivity index is 2.12. The van der Waals surface area contributed by atoms with E-state index in [-0.39, 0.29) is 17.8 Å². The molecule has 0 fully saturated rings. The summed E-state index contributed by atoms with van der Waals surface area (Å²) in [6.45, 7) is 4.11. The minimum atomic E-state index is -0.194. The highest BCUT2D eigenvalue weighted by molar-refractivity contribution is 5.29. The van der Waals surface area contributed by atoms with Crippen LogP contribution in [0.1, 0.15) is 29.5 Å². The molecule has 0 heterocycles. The fourth-order valence-electron chi connectivity index (χ4n) is 2.29. The Morgan fingerprint density at radius 3 is 2.47 bits per heavy atom. The number of halogens is 1. The highest BCUT2D eigenvalue weighted by Gasteiger charge is 2.16. The molecule has 2 atom stereocenters. The first-order chi connectivity index (χ1) is 9.08. The molecule has 0 amide bonds. The lowest BCUT2D eigenvalue weighted by Gasteiger charge is -2.21. The molecule has 2 unspecified atom stereocenters. The molecule has 100 valence electrons. The summed E-state index contributed by atoms with van der Waals surface area (Å²) in [7, 11) is 0. The maximum atomic E-state index is 13.3. The summed E-state index contributed by atoms with van der Waals surface area (Å²) in [5.41, 5.74) is 9.59. The Bertz CT molecular complexity index is 536. The van der Waals surface area contributed by atoms with Gasteiger partial charge in [0.25, 0.3) is 0 Å². The molecule has 0 aromatic heterocycles. The van der Waals surface area contributed by atoms with E-state index in [4.69, 9.17) is 5.73 Å². The third kappa shape index (κ3) is 3.42. The van der Waals surface area contributed by atoms with Crippen molar-refractivity contribution in [3.63, 3.8) is 0 Å². The minimum absolute atomic E-state index is 0.0112. The van der Waals surface area contributed by atoms with Gasteiger partial charge in [0.2, 0.25) is 0 Å². The van der Waals surface area contributed by atoms with Crippen molar-refractivity contribution >= 4 is 0 Å². The number of aryl methyl sites for hydroxylation is 1. The van der Waals surface area contributed by atoms with E-state index in [1.54, 1.807) is 6.07 Å². The van der Waals surface area contributed by atoms with Gasteiger partial charge in [-0.15, -0.1) is 0 Å². The Labute approximate surface area is 114 Å². The van der Waals surface area contributed by atoms with Crippen LogP contribution in [-0.4, -0.2) is 6.04 Å². The van der Waals surface area contributed by atoms with E-state index in [1.165, 1.54) is 11.6 Å². The molecule has 0 aliphatic heterocycles. The van der Waals surface area contributed by atoms with E-state index in [9.17, 15) is 4.39 Å². The summed E-state index contributed by atoms with van der Waals surface area (Å²) in [5.74, 6) is 0.0593. The fourth-order valence-corrected chi connectivity index (χ4v) is 2.29. The number of nitrogens with two attached hydrogens (primary N) is 1. The quantitative estimate of drug-likeness (QED) is 0.885.